The van der Waals surface area contributed by atoms with Gasteiger partial charge in [-0.3, -0.25) is 0 Å². The van der Waals surface area contributed by atoms with Crippen LogP contribution in [0.5, 0.6) is 0 Å². The van der Waals surface area contributed by atoms with E-state index in [1.807, 2.05) is 18.5 Å². The number of fused-ring (bicyclic) bond motifs is 1. The molecule has 6 nitrogen and oxygen atoms in total. The van der Waals surface area contributed by atoms with Gasteiger partial charge >= 0.3 is 0 Å². The summed E-state index contributed by atoms with van der Waals surface area (Å²) in [6.45, 7) is 4.00. The fourth-order valence-corrected chi connectivity index (χ4v) is 3.47. The van der Waals surface area contributed by atoms with Gasteiger partial charge in [0.2, 0.25) is 0 Å². The highest BCUT2D eigenvalue weighted by molar-refractivity contribution is 5.79. The van der Waals surface area contributed by atoms with E-state index < -0.39 is 0 Å². The van der Waals surface area contributed by atoms with E-state index in [1.54, 1.807) is 6.07 Å². The van der Waals surface area contributed by atoms with Gasteiger partial charge in [-0.05, 0) is 44.1 Å². The number of nitrogens with zero attached hydrogens (tertiary/aromatic N) is 2. The lowest BCUT2D eigenvalue weighted by Crippen LogP contribution is -2.38. The van der Waals surface area contributed by atoms with Crippen molar-refractivity contribution in [2.45, 2.75) is 18.8 Å². The minimum Gasteiger partial charge on any atom is -0.382 e. The SMILES string of the molecule is Fc1ccc2c(C3CCN(CCNC4=CNNC=C4)CC3)noc2c1. The molecule has 0 unspecified atom stereocenters. The Morgan fingerprint density at radius 3 is 2.96 bits per heavy atom. The predicted octanol–water partition coefficient (Wildman–Crippen LogP) is 2.20. The van der Waals surface area contributed by atoms with Gasteiger partial charge in [-0.1, -0.05) is 5.16 Å². The molecule has 0 spiro atoms. The molecule has 0 radical (unpaired) electrons. The van der Waals surface area contributed by atoms with Crippen molar-refractivity contribution in [2.24, 2.45) is 0 Å². The topological polar surface area (TPSA) is 65.4 Å². The molecule has 0 aliphatic carbocycles. The third-order valence-electron chi connectivity index (χ3n) is 4.85. The molecular formula is C18H22FN5O. The second-order valence-corrected chi connectivity index (χ2v) is 6.47. The number of hydrogen-bond acceptors (Lipinski definition) is 6. The maximum absolute atomic E-state index is 13.3. The van der Waals surface area contributed by atoms with Crippen LogP contribution in [0.4, 0.5) is 4.39 Å². The van der Waals surface area contributed by atoms with Crippen molar-refractivity contribution in [1.82, 2.24) is 26.2 Å². The Labute approximate surface area is 145 Å². The van der Waals surface area contributed by atoms with Crippen molar-refractivity contribution in [3.8, 4) is 0 Å². The van der Waals surface area contributed by atoms with Gasteiger partial charge in [-0.15, -0.1) is 0 Å². The maximum Gasteiger partial charge on any atom is 0.170 e. The molecule has 4 rings (SSSR count). The standard InChI is InChI=1S/C18H22FN5O/c19-14-1-2-16-17(11-14)25-23-18(16)13-4-8-24(9-5-13)10-7-20-15-3-6-21-22-12-15/h1-3,6,11-13,20-22H,4-5,7-10H2. The van der Waals surface area contributed by atoms with Crippen molar-refractivity contribution in [1.29, 1.82) is 0 Å². The average Bonchev–Trinajstić information content (AvgIpc) is 3.06. The van der Waals surface area contributed by atoms with Crippen molar-refractivity contribution in [3.63, 3.8) is 0 Å². The second-order valence-electron chi connectivity index (χ2n) is 6.47. The molecule has 7 heteroatoms. The molecule has 1 saturated heterocycles. The van der Waals surface area contributed by atoms with E-state index in [2.05, 4.69) is 26.2 Å². The fraction of sp³-hybridized carbons (Fsp3) is 0.389. The van der Waals surface area contributed by atoms with Crippen LogP contribution in [-0.4, -0.2) is 36.2 Å². The first-order chi connectivity index (χ1) is 12.3. The molecule has 1 aromatic carbocycles. The van der Waals surface area contributed by atoms with E-state index in [4.69, 9.17) is 4.52 Å². The number of nitrogens with one attached hydrogen (secondary N) is 3. The maximum atomic E-state index is 13.3. The molecule has 1 fully saturated rings. The van der Waals surface area contributed by atoms with Crippen LogP contribution in [0.1, 0.15) is 24.5 Å². The minimum absolute atomic E-state index is 0.286. The van der Waals surface area contributed by atoms with E-state index in [9.17, 15) is 4.39 Å². The monoisotopic (exact) mass is 343 g/mol. The first kappa shape index (κ1) is 16.0. The zero-order chi connectivity index (χ0) is 17.1. The van der Waals surface area contributed by atoms with Crippen LogP contribution in [0.25, 0.3) is 11.0 Å². The summed E-state index contributed by atoms with van der Waals surface area (Å²) in [7, 11) is 0. The number of halogens is 1. The molecular weight excluding hydrogens is 321 g/mol. The molecule has 2 aliphatic heterocycles. The number of piperidine rings is 1. The summed E-state index contributed by atoms with van der Waals surface area (Å²) >= 11 is 0. The van der Waals surface area contributed by atoms with Crippen LogP contribution in [0.3, 0.4) is 0 Å². The lowest BCUT2D eigenvalue weighted by molar-refractivity contribution is 0.211. The molecule has 3 N–H and O–H groups in total. The van der Waals surface area contributed by atoms with Gasteiger partial charge in [-0.25, -0.2) is 4.39 Å². The van der Waals surface area contributed by atoms with Crippen LogP contribution in [-0.2, 0) is 0 Å². The summed E-state index contributed by atoms with van der Waals surface area (Å²) in [6.07, 6.45) is 7.87. The fourth-order valence-electron chi connectivity index (χ4n) is 3.47. The van der Waals surface area contributed by atoms with Crippen LogP contribution in [0.2, 0.25) is 0 Å². The van der Waals surface area contributed by atoms with E-state index in [-0.39, 0.29) is 5.82 Å². The first-order valence-electron chi connectivity index (χ1n) is 8.68. The van der Waals surface area contributed by atoms with Crippen molar-refractivity contribution >= 4 is 11.0 Å². The second kappa shape index (κ2) is 7.14. The zero-order valence-electron chi connectivity index (χ0n) is 14.0. The van der Waals surface area contributed by atoms with E-state index >= 15 is 0 Å². The van der Waals surface area contributed by atoms with E-state index in [0.29, 0.717) is 11.5 Å². The first-order valence-corrected chi connectivity index (χ1v) is 8.68. The molecule has 2 aliphatic rings. The van der Waals surface area contributed by atoms with Gasteiger partial charge in [0.1, 0.15) is 5.82 Å². The third kappa shape index (κ3) is 3.61. The zero-order valence-corrected chi connectivity index (χ0v) is 14.0. The summed E-state index contributed by atoms with van der Waals surface area (Å²) in [5, 5.41) is 8.56. The highest BCUT2D eigenvalue weighted by atomic mass is 19.1. The van der Waals surface area contributed by atoms with Crippen molar-refractivity contribution in [3.05, 3.63) is 53.9 Å². The number of rotatable bonds is 5. The molecule has 0 saturated carbocycles. The molecule has 3 heterocycles. The van der Waals surface area contributed by atoms with Gasteiger partial charge in [0, 0.05) is 42.9 Å². The highest BCUT2D eigenvalue weighted by Crippen LogP contribution is 2.32. The summed E-state index contributed by atoms with van der Waals surface area (Å²) in [5.74, 6) is 0.0987. The van der Waals surface area contributed by atoms with Crippen LogP contribution in [0.15, 0.2) is 46.9 Å². The number of hydrogen-bond donors (Lipinski definition) is 3. The van der Waals surface area contributed by atoms with E-state index in [0.717, 1.165) is 55.8 Å². The molecule has 1 aromatic heterocycles. The van der Waals surface area contributed by atoms with Crippen LogP contribution in [0, 0.1) is 5.82 Å². The molecule has 0 atom stereocenters. The third-order valence-corrected chi connectivity index (χ3v) is 4.85. The Morgan fingerprint density at radius 2 is 2.16 bits per heavy atom. The van der Waals surface area contributed by atoms with Crippen molar-refractivity contribution in [2.75, 3.05) is 26.2 Å². The quantitative estimate of drug-likeness (QED) is 0.774. The van der Waals surface area contributed by atoms with Gasteiger partial charge in [0.25, 0.3) is 0 Å². The van der Waals surface area contributed by atoms with Crippen LogP contribution >= 0.6 is 0 Å². The summed E-state index contributed by atoms with van der Waals surface area (Å²) in [4.78, 5) is 2.46. The number of allylic oxidation sites excluding steroid dienone is 1. The lowest BCUT2D eigenvalue weighted by atomic mass is 9.91. The Morgan fingerprint density at radius 1 is 1.28 bits per heavy atom. The number of aromatic nitrogens is 1. The summed E-state index contributed by atoms with van der Waals surface area (Å²) in [6, 6.07) is 4.66. The van der Waals surface area contributed by atoms with Crippen LogP contribution < -0.4 is 16.2 Å². The Hall–Kier alpha value is -2.54. The summed E-state index contributed by atoms with van der Waals surface area (Å²) < 4.78 is 18.6. The smallest absolute Gasteiger partial charge is 0.170 e. The molecule has 25 heavy (non-hydrogen) atoms. The van der Waals surface area contributed by atoms with Gasteiger partial charge in [0.05, 0.1) is 11.4 Å². The Kier molecular flexibility index (Phi) is 4.56. The highest BCUT2D eigenvalue weighted by Gasteiger charge is 2.24. The number of likely N-dealkylation sites (tertiary alicyclic amines) is 1. The molecule has 0 bridgehead atoms. The normalized spacial score (nSPS) is 18.7. The molecule has 132 valence electrons. The minimum atomic E-state index is -0.286. The largest absolute Gasteiger partial charge is 0.382 e. The van der Waals surface area contributed by atoms with E-state index in [1.165, 1.54) is 12.1 Å². The van der Waals surface area contributed by atoms with Gasteiger partial charge < -0.3 is 25.6 Å². The Balaban J connectivity index is 1.29. The molecule has 2 aromatic rings. The van der Waals surface area contributed by atoms with Crippen molar-refractivity contribution < 1.29 is 8.91 Å². The predicted molar refractivity (Wildman–Crippen MR) is 93.9 cm³/mol. The van der Waals surface area contributed by atoms with Gasteiger partial charge in [-0.2, -0.15) is 0 Å². The Bertz CT molecular complexity index is 792. The summed E-state index contributed by atoms with van der Waals surface area (Å²) in [5.41, 5.74) is 8.44. The molecule has 0 amide bonds. The lowest BCUT2D eigenvalue weighted by Gasteiger charge is -2.31. The number of benzene rings is 1. The average molecular weight is 343 g/mol. The number of hydrazine groups is 1. The van der Waals surface area contributed by atoms with Gasteiger partial charge in [0.15, 0.2) is 5.58 Å².